The van der Waals surface area contributed by atoms with Crippen molar-refractivity contribution in [2.75, 3.05) is 0 Å². The molecule has 3 aromatic rings. The van der Waals surface area contributed by atoms with Gasteiger partial charge in [0, 0.05) is 24.1 Å². The molecular weight excluding hydrogens is 312 g/mol. The Morgan fingerprint density at radius 3 is 3.00 bits per heavy atom. The topological polar surface area (TPSA) is 60.1 Å². The predicted octanol–water partition coefficient (Wildman–Crippen LogP) is 3.25. The van der Waals surface area contributed by atoms with Crippen molar-refractivity contribution >= 4 is 23.2 Å². The van der Waals surface area contributed by atoms with Crippen molar-refractivity contribution in [3.05, 3.63) is 58.1 Å². The average Bonchev–Trinajstić information content (AvgIpc) is 2.98. The summed E-state index contributed by atoms with van der Waals surface area (Å²) in [4.78, 5) is 21.2. The number of hydrogen-bond acceptors (Lipinski definition) is 4. The lowest BCUT2D eigenvalue weighted by atomic mass is 9.82. The van der Waals surface area contributed by atoms with Gasteiger partial charge in [-0.25, -0.2) is 9.50 Å². The first-order chi connectivity index (χ1) is 11.2. The SMILES string of the molecule is CCc1nc2ncc3c(n2n1)CC(c1cccc(Cl)c1)CC3=O. The van der Waals surface area contributed by atoms with Gasteiger partial charge in [0.2, 0.25) is 0 Å². The monoisotopic (exact) mass is 326 g/mol. The number of fused-ring (bicyclic) bond motifs is 3. The molecule has 116 valence electrons. The minimum Gasteiger partial charge on any atom is -0.294 e. The fourth-order valence-electron chi connectivity index (χ4n) is 3.14. The van der Waals surface area contributed by atoms with Gasteiger partial charge in [0.1, 0.15) is 0 Å². The molecule has 1 aromatic carbocycles. The van der Waals surface area contributed by atoms with Crippen LogP contribution >= 0.6 is 11.6 Å². The van der Waals surface area contributed by atoms with Crippen molar-refractivity contribution in [2.45, 2.75) is 32.1 Å². The average molecular weight is 327 g/mol. The van der Waals surface area contributed by atoms with Crippen LogP contribution in [0.4, 0.5) is 0 Å². The minimum absolute atomic E-state index is 0.0965. The van der Waals surface area contributed by atoms with Gasteiger partial charge in [-0.3, -0.25) is 4.79 Å². The van der Waals surface area contributed by atoms with E-state index in [0.717, 1.165) is 29.9 Å². The van der Waals surface area contributed by atoms with Crippen LogP contribution in [0.3, 0.4) is 0 Å². The van der Waals surface area contributed by atoms with Crippen LogP contribution in [0.1, 0.15) is 46.7 Å². The van der Waals surface area contributed by atoms with Gasteiger partial charge >= 0.3 is 0 Å². The van der Waals surface area contributed by atoms with Crippen LogP contribution in [0, 0.1) is 0 Å². The highest BCUT2D eigenvalue weighted by molar-refractivity contribution is 6.30. The second kappa shape index (κ2) is 5.42. The first-order valence-corrected chi connectivity index (χ1v) is 8.05. The van der Waals surface area contributed by atoms with Gasteiger partial charge in [0.25, 0.3) is 5.78 Å². The Kier molecular flexibility index (Phi) is 3.38. The molecule has 0 spiro atoms. The summed E-state index contributed by atoms with van der Waals surface area (Å²) < 4.78 is 1.72. The van der Waals surface area contributed by atoms with Crippen molar-refractivity contribution in [3.8, 4) is 0 Å². The predicted molar refractivity (Wildman–Crippen MR) is 87.0 cm³/mol. The van der Waals surface area contributed by atoms with Crippen LogP contribution in [0.25, 0.3) is 5.78 Å². The Morgan fingerprint density at radius 1 is 1.35 bits per heavy atom. The number of rotatable bonds is 2. The molecule has 1 aliphatic carbocycles. The van der Waals surface area contributed by atoms with Gasteiger partial charge in [-0.1, -0.05) is 30.7 Å². The van der Waals surface area contributed by atoms with Crippen molar-refractivity contribution < 1.29 is 4.79 Å². The second-order valence-electron chi connectivity index (χ2n) is 5.80. The van der Waals surface area contributed by atoms with E-state index in [2.05, 4.69) is 15.1 Å². The Bertz CT molecular complexity index is 918. The summed E-state index contributed by atoms with van der Waals surface area (Å²) in [7, 11) is 0. The van der Waals surface area contributed by atoms with Gasteiger partial charge < -0.3 is 0 Å². The summed E-state index contributed by atoms with van der Waals surface area (Å²) in [5, 5.41) is 5.18. The summed E-state index contributed by atoms with van der Waals surface area (Å²) in [6, 6.07) is 7.72. The summed E-state index contributed by atoms with van der Waals surface area (Å²) in [6.07, 6.45) is 3.57. The Balaban J connectivity index is 1.83. The third-order valence-corrected chi connectivity index (χ3v) is 4.55. The number of nitrogens with zero attached hydrogens (tertiary/aromatic N) is 4. The molecule has 0 N–H and O–H groups in total. The molecule has 5 nitrogen and oxygen atoms in total. The molecule has 0 amide bonds. The molecule has 2 heterocycles. The van der Waals surface area contributed by atoms with E-state index in [1.165, 1.54) is 0 Å². The number of ketones is 1. The van der Waals surface area contributed by atoms with E-state index in [0.29, 0.717) is 22.8 Å². The molecule has 0 radical (unpaired) electrons. The molecule has 0 fully saturated rings. The van der Waals surface area contributed by atoms with Crippen LogP contribution in [-0.4, -0.2) is 25.4 Å². The Morgan fingerprint density at radius 2 is 2.22 bits per heavy atom. The van der Waals surface area contributed by atoms with E-state index in [1.54, 1.807) is 10.7 Å². The normalized spacial score (nSPS) is 17.5. The van der Waals surface area contributed by atoms with E-state index in [4.69, 9.17) is 11.6 Å². The van der Waals surface area contributed by atoms with E-state index < -0.39 is 0 Å². The first-order valence-electron chi connectivity index (χ1n) is 7.68. The number of halogens is 1. The standard InChI is InChI=1S/C17H15ClN4O/c1-2-16-20-17-19-9-13-14(22(17)21-16)7-11(8-15(13)23)10-4-3-5-12(18)6-10/h3-6,9,11H,2,7-8H2,1H3. The van der Waals surface area contributed by atoms with E-state index in [-0.39, 0.29) is 11.7 Å². The van der Waals surface area contributed by atoms with Crippen LogP contribution in [0.15, 0.2) is 30.5 Å². The van der Waals surface area contributed by atoms with Gasteiger partial charge in [0.15, 0.2) is 11.6 Å². The molecule has 0 saturated carbocycles. The molecule has 1 unspecified atom stereocenters. The number of aromatic nitrogens is 4. The van der Waals surface area contributed by atoms with Crippen molar-refractivity contribution in [1.82, 2.24) is 19.6 Å². The third-order valence-electron chi connectivity index (χ3n) is 4.32. The summed E-state index contributed by atoms with van der Waals surface area (Å²) in [5.74, 6) is 1.50. The molecular formula is C17H15ClN4O. The molecule has 2 aromatic heterocycles. The Hall–Kier alpha value is -2.27. The maximum Gasteiger partial charge on any atom is 0.252 e. The molecule has 6 heteroatoms. The third kappa shape index (κ3) is 2.41. The zero-order valence-corrected chi connectivity index (χ0v) is 13.4. The summed E-state index contributed by atoms with van der Waals surface area (Å²) >= 11 is 6.10. The fourth-order valence-corrected chi connectivity index (χ4v) is 3.33. The molecule has 0 saturated heterocycles. The maximum atomic E-state index is 12.5. The number of hydrogen-bond donors (Lipinski definition) is 0. The lowest BCUT2D eigenvalue weighted by molar-refractivity contribution is 0.0962. The minimum atomic E-state index is 0.0965. The lowest BCUT2D eigenvalue weighted by Gasteiger charge is -2.24. The zero-order valence-electron chi connectivity index (χ0n) is 12.7. The summed E-state index contributed by atoms with van der Waals surface area (Å²) in [6.45, 7) is 2.00. The second-order valence-corrected chi connectivity index (χ2v) is 6.23. The number of Topliss-reactive ketones (excluding diaryl/α,β-unsaturated/α-hetero) is 1. The number of carbonyl (C=O) groups is 1. The maximum absolute atomic E-state index is 12.5. The molecule has 4 rings (SSSR count). The van der Waals surface area contributed by atoms with Gasteiger partial charge in [-0.15, -0.1) is 5.10 Å². The van der Waals surface area contributed by atoms with E-state index in [1.807, 2.05) is 31.2 Å². The van der Waals surface area contributed by atoms with E-state index >= 15 is 0 Å². The fraction of sp³-hybridized carbons (Fsp3) is 0.294. The zero-order chi connectivity index (χ0) is 16.0. The van der Waals surface area contributed by atoms with Gasteiger partial charge in [-0.05, 0) is 30.0 Å². The van der Waals surface area contributed by atoms with Gasteiger partial charge in [-0.2, -0.15) is 4.98 Å². The first kappa shape index (κ1) is 14.3. The highest BCUT2D eigenvalue weighted by Crippen LogP contribution is 2.33. The number of aryl methyl sites for hydroxylation is 1. The van der Waals surface area contributed by atoms with Crippen LogP contribution in [0.5, 0.6) is 0 Å². The molecule has 0 bridgehead atoms. The van der Waals surface area contributed by atoms with Gasteiger partial charge in [0.05, 0.1) is 11.3 Å². The summed E-state index contributed by atoms with van der Waals surface area (Å²) in [5.41, 5.74) is 2.63. The Labute approximate surface area is 138 Å². The van der Waals surface area contributed by atoms with Crippen molar-refractivity contribution in [2.24, 2.45) is 0 Å². The lowest BCUT2D eigenvalue weighted by Crippen LogP contribution is -2.22. The molecule has 1 aliphatic rings. The highest BCUT2D eigenvalue weighted by Gasteiger charge is 2.29. The number of benzene rings is 1. The number of carbonyl (C=O) groups excluding carboxylic acids is 1. The van der Waals surface area contributed by atoms with Crippen LogP contribution in [0.2, 0.25) is 5.02 Å². The van der Waals surface area contributed by atoms with Crippen molar-refractivity contribution in [1.29, 1.82) is 0 Å². The quantitative estimate of drug-likeness (QED) is 0.725. The van der Waals surface area contributed by atoms with E-state index in [9.17, 15) is 4.79 Å². The highest BCUT2D eigenvalue weighted by atomic mass is 35.5. The molecule has 1 atom stereocenters. The molecule has 0 aliphatic heterocycles. The van der Waals surface area contributed by atoms with Crippen LogP contribution < -0.4 is 0 Å². The van der Waals surface area contributed by atoms with Crippen molar-refractivity contribution in [3.63, 3.8) is 0 Å². The molecule has 23 heavy (non-hydrogen) atoms. The van der Waals surface area contributed by atoms with Crippen LogP contribution in [-0.2, 0) is 12.8 Å². The smallest absolute Gasteiger partial charge is 0.252 e. The largest absolute Gasteiger partial charge is 0.294 e.